The molecule has 0 saturated carbocycles. The van der Waals surface area contributed by atoms with Gasteiger partial charge in [0, 0.05) is 19.2 Å². The Morgan fingerprint density at radius 1 is 1.00 bits per heavy atom. The van der Waals surface area contributed by atoms with Gasteiger partial charge in [0.15, 0.2) is 0 Å². The highest BCUT2D eigenvalue weighted by Crippen LogP contribution is 2.35. The van der Waals surface area contributed by atoms with E-state index in [2.05, 4.69) is 5.32 Å². The van der Waals surface area contributed by atoms with E-state index >= 15 is 0 Å². The van der Waals surface area contributed by atoms with Crippen LogP contribution in [0.2, 0.25) is 10.0 Å². The summed E-state index contributed by atoms with van der Waals surface area (Å²) in [5, 5.41) is 2.50. The van der Waals surface area contributed by atoms with Crippen LogP contribution in [0.25, 0.3) is 0 Å². The van der Waals surface area contributed by atoms with E-state index in [4.69, 9.17) is 23.2 Å². The third-order valence-electron chi connectivity index (χ3n) is 5.80. The molecule has 11 heteroatoms. The van der Waals surface area contributed by atoms with Gasteiger partial charge in [-0.1, -0.05) is 65.2 Å². The lowest BCUT2D eigenvalue weighted by Crippen LogP contribution is -2.50. The Morgan fingerprint density at radius 3 is 2.27 bits per heavy atom. The largest absolute Gasteiger partial charge is 0.357 e. The van der Waals surface area contributed by atoms with Gasteiger partial charge in [-0.3, -0.25) is 13.9 Å². The number of nitrogens with one attached hydrogen (secondary N) is 1. The van der Waals surface area contributed by atoms with Gasteiger partial charge in [-0.2, -0.15) is 0 Å². The van der Waals surface area contributed by atoms with Crippen LogP contribution < -0.4 is 9.62 Å². The fourth-order valence-electron chi connectivity index (χ4n) is 3.64. The maximum Gasteiger partial charge on any atom is 0.264 e. The quantitative estimate of drug-likeness (QED) is 0.403. The Bertz CT molecular complexity index is 1400. The second-order valence-electron chi connectivity index (χ2n) is 8.30. The lowest BCUT2D eigenvalue weighted by Gasteiger charge is -2.32. The molecular formula is C26H26Cl2FN3O4S. The lowest BCUT2D eigenvalue weighted by atomic mass is 10.1. The van der Waals surface area contributed by atoms with Crippen molar-refractivity contribution in [3.8, 4) is 0 Å². The van der Waals surface area contributed by atoms with Crippen molar-refractivity contribution >= 4 is 50.7 Å². The SMILES string of the molecule is CNC(=O)C(C)N(Cc1ccccc1F)C(=O)CN(c1cccc(Cl)c1Cl)S(=O)(=O)c1ccc(C)cc1. The molecule has 196 valence electrons. The minimum atomic E-state index is -4.30. The average Bonchev–Trinajstić information content (AvgIpc) is 2.87. The van der Waals surface area contributed by atoms with E-state index in [0.717, 1.165) is 14.8 Å². The molecule has 0 aliphatic rings. The van der Waals surface area contributed by atoms with Gasteiger partial charge < -0.3 is 10.2 Å². The summed E-state index contributed by atoms with van der Waals surface area (Å²) in [6.45, 7) is 2.31. The molecule has 1 unspecified atom stereocenters. The molecule has 0 aliphatic carbocycles. The summed E-state index contributed by atoms with van der Waals surface area (Å²) >= 11 is 12.5. The molecule has 0 saturated heterocycles. The first-order valence-electron chi connectivity index (χ1n) is 11.2. The molecular weight excluding hydrogens is 540 g/mol. The number of anilines is 1. The number of carbonyl (C=O) groups is 2. The van der Waals surface area contributed by atoms with Crippen molar-refractivity contribution in [2.24, 2.45) is 0 Å². The van der Waals surface area contributed by atoms with E-state index in [1.165, 1.54) is 62.5 Å². The minimum absolute atomic E-state index is 0.0125. The second kappa shape index (κ2) is 11.9. The van der Waals surface area contributed by atoms with Crippen LogP contribution in [0.15, 0.2) is 71.6 Å². The lowest BCUT2D eigenvalue weighted by molar-refractivity contribution is -0.139. The van der Waals surface area contributed by atoms with Gasteiger partial charge in [0.05, 0.1) is 20.6 Å². The summed E-state index contributed by atoms with van der Waals surface area (Å²) in [5.41, 5.74) is 1.000. The molecule has 37 heavy (non-hydrogen) atoms. The maximum atomic E-state index is 14.5. The predicted octanol–water partition coefficient (Wildman–Crippen LogP) is 4.80. The van der Waals surface area contributed by atoms with Gasteiger partial charge in [0.1, 0.15) is 18.4 Å². The van der Waals surface area contributed by atoms with Gasteiger partial charge in [0.2, 0.25) is 11.8 Å². The molecule has 1 atom stereocenters. The number of amides is 2. The second-order valence-corrected chi connectivity index (χ2v) is 10.9. The van der Waals surface area contributed by atoms with Crippen LogP contribution in [-0.4, -0.2) is 44.8 Å². The molecule has 0 heterocycles. The fraction of sp³-hybridized carbons (Fsp3) is 0.231. The fourth-order valence-corrected chi connectivity index (χ4v) is 5.51. The number of aryl methyl sites for hydroxylation is 1. The Kier molecular flexibility index (Phi) is 9.17. The molecule has 3 aromatic carbocycles. The van der Waals surface area contributed by atoms with Crippen molar-refractivity contribution in [1.82, 2.24) is 10.2 Å². The molecule has 0 fully saturated rings. The van der Waals surface area contributed by atoms with Crippen molar-refractivity contribution in [3.63, 3.8) is 0 Å². The molecule has 3 aromatic rings. The normalized spacial score (nSPS) is 12.1. The molecule has 7 nitrogen and oxygen atoms in total. The number of rotatable bonds is 9. The van der Waals surface area contributed by atoms with E-state index in [0.29, 0.717) is 0 Å². The standard InChI is InChI=1S/C26H26Cl2FN3O4S/c1-17-11-13-20(14-12-17)37(35,36)32(23-10-6-8-21(27)25(23)28)16-24(33)31(18(2)26(34)30-3)15-19-7-4-5-9-22(19)29/h4-14,18H,15-16H2,1-3H3,(H,30,34). The highest BCUT2D eigenvalue weighted by Gasteiger charge is 2.33. The van der Waals surface area contributed by atoms with Crippen LogP contribution in [0.3, 0.4) is 0 Å². The zero-order chi connectivity index (χ0) is 27.3. The highest BCUT2D eigenvalue weighted by atomic mass is 35.5. The van der Waals surface area contributed by atoms with E-state index in [9.17, 15) is 22.4 Å². The van der Waals surface area contributed by atoms with Crippen LogP contribution >= 0.6 is 23.2 Å². The first kappa shape index (κ1) is 28.4. The van der Waals surface area contributed by atoms with Crippen LogP contribution in [0, 0.1) is 12.7 Å². The summed E-state index contributed by atoms with van der Waals surface area (Å²) in [5.74, 6) is -1.81. The average molecular weight is 566 g/mol. The van der Waals surface area contributed by atoms with Gasteiger partial charge in [-0.15, -0.1) is 0 Å². The third kappa shape index (κ3) is 6.41. The number of hydrogen-bond acceptors (Lipinski definition) is 4. The Morgan fingerprint density at radius 2 is 1.65 bits per heavy atom. The van der Waals surface area contributed by atoms with E-state index in [-0.39, 0.29) is 32.7 Å². The smallest absolute Gasteiger partial charge is 0.264 e. The molecule has 0 aliphatic heterocycles. The summed E-state index contributed by atoms with van der Waals surface area (Å²) in [6.07, 6.45) is 0. The number of sulfonamides is 1. The molecule has 3 rings (SSSR count). The van der Waals surface area contributed by atoms with Crippen molar-refractivity contribution in [2.75, 3.05) is 17.9 Å². The monoisotopic (exact) mass is 565 g/mol. The molecule has 1 N–H and O–H groups in total. The third-order valence-corrected chi connectivity index (χ3v) is 8.38. The van der Waals surface area contributed by atoms with Gasteiger partial charge in [-0.05, 0) is 44.2 Å². The minimum Gasteiger partial charge on any atom is -0.357 e. The number of hydrogen-bond donors (Lipinski definition) is 1. The summed E-state index contributed by atoms with van der Waals surface area (Å²) in [4.78, 5) is 27.2. The first-order chi connectivity index (χ1) is 17.5. The van der Waals surface area contributed by atoms with Crippen LogP contribution in [0.5, 0.6) is 0 Å². The summed E-state index contributed by atoms with van der Waals surface area (Å²) in [6, 6.07) is 15.3. The van der Waals surface area contributed by atoms with Crippen LogP contribution in [0.1, 0.15) is 18.1 Å². The number of benzene rings is 3. The van der Waals surface area contributed by atoms with E-state index < -0.39 is 40.2 Å². The van der Waals surface area contributed by atoms with Crippen LogP contribution in [-0.2, 0) is 26.2 Å². The number of carbonyl (C=O) groups excluding carboxylic acids is 2. The van der Waals surface area contributed by atoms with Crippen molar-refractivity contribution < 1.29 is 22.4 Å². The molecule has 0 aromatic heterocycles. The highest BCUT2D eigenvalue weighted by molar-refractivity contribution is 7.92. The molecule has 0 radical (unpaired) electrons. The molecule has 2 amide bonds. The van der Waals surface area contributed by atoms with Crippen LogP contribution in [0.4, 0.5) is 10.1 Å². The number of likely N-dealkylation sites (N-methyl/N-ethyl adjacent to an activating group) is 1. The van der Waals surface area contributed by atoms with Crippen molar-refractivity contribution in [3.05, 3.63) is 93.7 Å². The number of nitrogens with zero attached hydrogens (tertiary/aromatic N) is 2. The Labute approximate surface area is 225 Å². The van der Waals surface area contributed by atoms with Gasteiger partial charge in [0.25, 0.3) is 10.0 Å². The van der Waals surface area contributed by atoms with Gasteiger partial charge >= 0.3 is 0 Å². The first-order valence-corrected chi connectivity index (χ1v) is 13.4. The summed E-state index contributed by atoms with van der Waals surface area (Å²) in [7, 11) is -2.90. The van der Waals surface area contributed by atoms with E-state index in [1.54, 1.807) is 18.2 Å². The van der Waals surface area contributed by atoms with E-state index in [1.807, 2.05) is 6.92 Å². The molecule has 0 bridgehead atoms. The zero-order valence-electron chi connectivity index (χ0n) is 20.4. The van der Waals surface area contributed by atoms with Gasteiger partial charge in [-0.25, -0.2) is 12.8 Å². The molecule has 0 spiro atoms. The maximum absolute atomic E-state index is 14.5. The van der Waals surface area contributed by atoms with Crippen molar-refractivity contribution in [2.45, 2.75) is 31.3 Å². The number of halogens is 3. The zero-order valence-corrected chi connectivity index (χ0v) is 22.7. The Hall–Kier alpha value is -3.14. The predicted molar refractivity (Wildman–Crippen MR) is 143 cm³/mol. The summed E-state index contributed by atoms with van der Waals surface area (Å²) < 4.78 is 42.8. The topological polar surface area (TPSA) is 86.8 Å². The Balaban J connectivity index is 2.09. The van der Waals surface area contributed by atoms with Crippen molar-refractivity contribution in [1.29, 1.82) is 0 Å².